The number of rotatable bonds is 4. The molecule has 0 aromatic carbocycles. The second-order valence-electron chi connectivity index (χ2n) is 4.95. The first-order valence-electron chi connectivity index (χ1n) is 6.30. The number of hydrogen-bond acceptors (Lipinski definition) is 4. The molecule has 3 N–H and O–H groups in total. The molecule has 4 heteroatoms. The van der Waals surface area contributed by atoms with Crippen LogP contribution in [0.2, 0.25) is 0 Å². The lowest BCUT2D eigenvalue weighted by Crippen LogP contribution is -2.40. The zero-order chi connectivity index (χ0) is 12.4. The van der Waals surface area contributed by atoms with Crippen molar-refractivity contribution < 1.29 is 9.52 Å². The molecule has 4 nitrogen and oxygen atoms in total. The SMILES string of the molecule is Cc1ccc(C(CN)N2CCC(C)C2CO)o1. The molecular weight excluding hydrogens is 216 g/mol. The van der Waals surface area contributed by atoms with Crippen LogP contribution >= 0.6 is 0 Å². The summed E-state index contributed by atoms with van der Waals surface area (Å²) < 4.78 is 5.67. The van der Waals surface area contributed by atoms with E-state index in [0.717, 1.165) is 24.5 Å². The molecule has 0 aliphatic carbocycles. The van der Waals surface area contributed by atoms with Crippen molar-refractivity contribution in [1.82, 2.24) is 4.90 Å². The summed E-state index contributed by atoms with van der Waals surface area (Å²) >= 11 is 0. The molecule has 1 saturated heterocycles. The summed E-state index contributed by atoms with van der Waals surface area (Å²) in [7, 11) is 0. The molecule has 0 amide bonds. The van der Waals surface area contributed by atoms with Gasteiger partial charge >= 0.3 is 0 Å². The Morgan fingerprint density at radius 3 is 2.88 bits per heavy atom. The average molecular weight is 238 g/mol. The number of nitrogens with zero attached hydrogens (tertiary/aromatic N) is 1. The highest BCUT2D eigenvalue weighted by molar-refractivity contribution is 5.11. The Morgan fingerprint density at radius 2 is 2.35 bits per heavy atom. The lowest BCUT2D eigenvalue weighted by Gasteiger charge is -2.31. The molecule has 2 rings (SSSR count). The van der Waals surface area contributed by atoms with Gasteiger partial charge in [-0.3, -0.25) is 4.90 Å². The van der Waals surface area contributed by atoms with Crippen molar-refractivity contribution >= 4 is 0 Å². The van der Waals surface area contributed by atoms with Gasteiger partial charge in [-0.1, -0.05) is 6.92 Å². The molecule has 96 valence electrons. The van der Waals surface area contributed by atoms with E-state index in [2.05, 4.69) is 11.8 Å². The standard InChI is InChI=1S/C13H22N2O2/c1-9-5-6-15(12(9)8-16)11(7-14)13-4-3-10(2)17-13/h3-4,9,11-12,16H,5-8,14H2,1-2H3. The van der Waals surface area contributed by atoms with E-state index in [-0.39, 0.29) is 18.7 Å². The average Bonchev–Trinajstić information content (AvgIpc) is 2.88. The van der Waals surface area contributed by atoms with Gasteiger partial charge in [-0.2, -0.15) is 0 Å². The molecule has 17 heavy (non-hydrogen) atoms. The van der Waals surface area contributed by atoms with Crippen LogP contribution in [0, 0.1) is 12.8 Å². The van der Waals surface area contributed by atoms with Crippen LogP contribution in [0.15, 0.2) is 16.5 Å². The van der Waals surface area contributed by atoms with Crippen molar-refractivity contribution in [3.63, 3.8) is 0 Å². The molecule has 1 aliphatic rings. The van der Waals surface area contributed by atoms with Gasteiger partial charge in [0.05, 0.1) is 12.6 Å². The fourth-order valence-electron chi connectivity index (χ4n) is 2.76. The zero-order valence-electron chi connectivity index (χ0n) is 10.6. The van der Waals surface area contributed by atoms with Crippen LogP contribution in [0.3, 0.4) is 0 Å². The molecule has 3 unspecified atom stereocenters. The highest BCUT2D eigenvalue weighted by Gasteiger charge is 2.36. The van der Waals surface area contributed by atoms with Crippen LogP contribution in [0.5, 0.6) is 0 Å². The molecule has 1 fully saturated rings. The number of hydrogen-bond donors (Lipinski definition) is 2. The van der Waals surface area contributed by atoms with Crippen LogP contribution in [-0.2, 0) is 0 Å². The topological polar surface area (TPSA) is 62.6 Å². The minimum Gasteiger partial charge on any atom is -0.465 e. The number of nitrogens with two attached hydrogens (primary N) is 1. The molecule has 0 bridgehead atoms. The second kappa shape index (κ2) is 5.21. The summed E-state index contributed by atoms with van der Waals surface area (Å²) in [6.07, 6.45) is 1.11. The van der Waals surface area contributed by atoms with Crippen LogP contribution in [0.4, 0.5) is 0 Å². The molecule has 1 aromatic heterocycles. The van der Waals surface area contributed by atoms with Crippen molar-refractivity contribution in [1.29, 1.82) is 0 Å². The number of furan rings is 1. The van der Waals surface area contributed by atoms with Crippen LogP contribution in [0.1, 0.15) is 30.9 Å². The largest absolute Gasteiger partial charge is 0.465 e. The Morgan fingerprint density at radius 1 is 1.59 bits per heavy atom. The lowest BCUT2D eigenvalue weighted by molar-refractivity contribution is 0.0952. The fourth-order valence-corrected chi connectivity index (χ4v) is 2.76. The quantitative estimate of drug-likeness (QED) is 0.829. The predicted molar refractivity (Wildman–Crippen MR) is 66.6 cm³/mol. The number of aryl methyl sites for hydroxylation is 1. The van der Waals surface area contributed by atoms with Crippen molar-refractivity contribution in [2.24, 2.45) is 11.7 Å². The third-order valence-electron chi connectivity index (χ3n) is 3.83. The third kappa shape index (κ3) is 2.39. The van der Waals surface area contributed by atoms with Gasteiger partial charge in [-0.05, 0) is 37.9 Å². The van der Waals surface area contributed by atoms with Crippen molar-refractivity contribution in [2.45, 2.75) is 32.4 Å². The summed E-state index contributed by atoms with van der Waals surface area (Å²) in [5.41, 5.74) is 5.87. The van der Waals surface area contributed by atoms with E-state index in [4.69, 9.17) is 10.2 Å². The smallest absolute Gasteiger partial charge is 0.122 e. The summed E-state index contributed by atoms with van der Waals surface area (Å²) in [6, 6.07) is 4.25. The lowest BCUT2D eigenvalue weighted by atomic mass is 10.0. The Bertz CT molecular complexity index is 364. The van der Waals surface area contributed by atoms with Gasteiger partial charge in [0.25, 0.3) is 0 Å². The fraction of sp³-hybridized carbons (Fsp3) is 0.692. The summed E-state index contributed by atoms with van der Waals surface area (Å²) in [6.45, 7) is 5.82. The van der Waals surface area contributed by atoms with E-state index in [1.54, 1.807) is 0 Å². The highest BCUT2D eigenvalue weighted by Crippen LogP contribution is 2.32. The predicted octanol–water partition coefficient (Wildman–Crippen LogP) is 1.29. The number of likely N-dealkylation sites (tertiary alicyclic amines) is 1. The molecule has 0 radical (unpaired) electrons. The Balaban J connectivity index is 2.18. The van der Waals surface area contributed by atoms with E-state index < -0.39 is 0 Å². The Labute approximate surface area is 102 Å². The Kier molecular flexibility index (Phi) is 3.86. The second-order valence-corrected chi connectivity index (χ2v) is 4.95. The molecule has 0 spiro atoms. The third-order valence-corrected chi connectivity index (χ3v) is 3.83. The van der Waals surface area contributed by atoms with Crippen molar-refractivity contribution in [2.75, 3.05) is 19.7 Å². The highest BCUT2D eigenvalue weighted by atomic mass is 16.3. The van der Waals surface area contributed by atoms with E-state index in [0.29, 0.717) is 12.5 Å². The van der Waals surface area contributed by atoms with E-state index in [1.165, 1.54) is 0 Å². The van der Waals surface area contributed by atoms with Crippen LogP contribution in [0.25, 0.3) is 0 Å². The minimum absolute atomic E-state index is 0.0887. The maximum atomic E-state index is 9.49. The van der Waals surface area contributed by atoms with Gasteiger partial charge < -0.3 is 15.3 Å². The summed E-state index contributed by atoms with van der Waals surface area (Å²) in [4.78, 5) is 2.28. The van der Waals surface area contributed by atoms with Gasteiger partial charge in [0, 0.05) is 12.6 Å². The van der Waals surface area contributed by atoms with Gasteiger partial charge in [0.1, 0.15) is 11.5 Å². The molecule has 2 heterocycles. The molecule has 1 aliphatic heterocycles. The number of aliphatic hydroxyl groups is 1. The summed E-state index contributed by atoms with van der Waals surface area (Å²) in [5, 5.41) is 9.49. The van der Waals surface area contributed by atoms with Crippen molar-refractivity contribution in [3.8, 4) is 0 Å². The molecular formula is C13H22N2O2. The maximum absolute atomic E-state index is 9.49. The maximum Gasteiger partial charge on any atom is 0.122 e. The van der Waals surface area contributed by atoms with Gasteiger partial charge in [-0.15, -0.1) is 0 Å². The van der Waals surface area contributed by atoms with E-state index >= 15 is 0 Å². The summed E-state index contributed by atoms with van der Waals surface area (Å²) in [5.74, 6) is 2.34. The van der Waals surface area contributed by atoms with Gasteiger partial charge in [0.2, 0.25) is 0 Å². The molecule has 1 aromatic rings. The Hall–Kier alpha value is -0.840. The first-order valence-corrected chi connectivity index (χ1v) is 6.30. The van der Waals surface area contributed by atoms with Gasteiger partial charge in [0.15, 0.2) is 0 Å². The van der Waals surface area contributed by atoms with Crippen LogP contribution < -0.4 is 5.73 Å². The monoisotopic (exact) mass is 238 g/mol. The normalized spacial score (nSPS) is 27.5. The van der Waals surface area contributed by atoms with Crippen molar-refractivity contribution in [3.05, 3.63) is 23.7 Å². The van der Waals surface area contributed by atoms with Crippen LogP contribution in [-0.4, -0.2) is 35.7 Å². The zero-order valence-corrected chi connectivity index (χ0v) is 10.6. The first-order chi connectivity index (χ1) is 8.17. The molecule has 3 atom stereocenters. The van der Waals surface area contributed by atoms with E-state index in [9.17, 15) is 5.11 Å². The van der Waals surface area contributed by atoms with E-state index in [1.807, 2.05) is 19.1 Å². The van der Waals surface area contributed by atoms with Gasteiger partial charge in [-0.25, -0.2) is 0 Å². The molecule has 0 saturated carbocycles. The number of aliphatic hydroxyl groups excluding tert-OH is 1. The minimum atomic E-state index is 0.0887. The first kappa shape index (κ1) is 12.6.